The van der Waals surface area contributed by atoms with E-state index in [1.165, 1.54) is 12.8 Å². The van der Waals surface area contributed by atoms with Crippen LogP contribution in [0.4, 0.5) is 5.69 Å². The largest absolute Gasteiger partial charge is 0.469 e. The number of carbonyl (C=O) groups excluding carboxylic acids is 1. The smallest absolute Gasteiger partial charge is 0.308 e. The molecular formula is C14H20N2O2. The van der Waals surface area contributed by atoms with Gasteiger partial charge in [0, 0.05) is 25.3 Å². The SMILES string of the molecule is COC(=O)C1CCN(c2ccc(CN)cc2)CC1. The van der Waals surface area contributed by atoms with Crippen molar-refractivity contribution in [3.63, 3.8) is 0 Å². The molecular weight excluding hydrogens is 228 g/mol. The van der Waals surface area contributed by atoms with E-state index in [0.717, 1.165) is 31.5 Å². The van der Waals surface area contributed by atoms with E-state index in [2.05, 4.69) is 29.2 Å². The molecule has 1 aromatic carbocycles. The van der Waals surface area contributed by atoms with Crippen molar-refractivity contribution in [2.45, 2.75) is 19.4 Å². The van der Waals surface area contributed by atoms with Crippen LogP contribution in [0.1, 0.15) is 18.4 Å². The van der Waals surface area contributed by atoms with Crippen molar-refractivity contribution in [3.05, 3.63) is 29.8 Å². The number of hydrogen-bond acceptors (Lipinski definition) is 4. The highest BCUT2D eigenvalue weighted by Crippen LogP contribution is 2.24. The maximum atomic E-state index is 11.4. The minimum Gasteiger partial charge on any atom is -0.469 e. The van der Waals surface area contributed by atoms with E-state index < -0.39 is 0 Å². The Labute approximate surface area is 108 Å². The molecule has 1 aliphatic rings. The summed E-state index contributed by atoms with van der Waals surface area (Å²) in [6.07, 6.45) is 1.73. The Morgan fingerprint density at radius 1 is 1.33 bits per heavy atom. The number of nitrogens with zero attached hydrogens (tertiary/aromatic N) is 1. The molecule has 4 heteroatoms. The molecule has 0 radical (unpaired) electrons. The standard InChI is InChI=1S/C14H20N2O2/c1-18-14(17)12-6-8-16(9-7-12)13-4-2-11(10-15)3-5-13/h2-5,12H,6-10,15H2,1H3. The Balaban J connectivity index is 1.94. The van der Waals surface area contributed by atoms with Gasteiger partial charge in [0.2, 0.25) is 0 Å². The van der Waals surface area contributed by atoms with Gasteiger partial charge >= 0.3 is 5.97 Å². The van der Waals surface area contributed by atoms with Gasteiger partial charge in [0.15, 0.2) is 0 Å². The normalized spacial score (nSPS) is 16.7. The first-order valence-electron chi connectivity index (χ1n) is 6.36. The van der Waals surface area contributed by atoms with Gasteiger partial charge in [-0.1, -0.05) is 12.1 Å². The molecule has 0 aliphatic carbocycles. The Bertz CT molecular complexity index is 395. The van der Waals surface area contributed by atoms with Crippen molar-refractivity contribution in [2.75, 3.05) is 25.1 Å². The number of anilines is 1. The van der Waals surface area contributed by atoms with Crippen molar-refractivity contribution >= 4 is 11.7 Å². The highest BCUT2D eigenvalue weighted by Gasteiger charge is 2.25. The summed E-state index contributed by atoms with van der Waals surface area (Å²) in [6.45, 7) is 2.38. The Kier molecular flexibility index (Phi) is 4.20. The number of piperidine rings is 1. The van der Waals surface area contributed by atoms with E-state index in [1.807, 2.05) is 0 Å². The number of rotatable bonds is 3. The number of hydrogen-bond donors (Lipinski definition) is 1. The fourth-order valence-corrected chi connectivity index (χ4v) is 2.38. The second kappa shape index (κ2) is 5.87. The van der Waals surface area contributed by atoms with Gasteiger partial charge < -0.3 is 15.4 Å². The zero-order valence-electron chi connectivity index (χ0n) is 10.8. The summed E-state index contributed by atoms with van der Waals surface area (Å²) in [5, 5.41) is 0. The second-order valence-corrected chi connectivity index (χ2v) is 4.66. The summed E-state index contributed by atoms with van der Waals surface area (Å²) in [5.74, 6) is -0.0114. The van der Waals surface area contributed by atoms with Crippen molar-refractivity contribution in [1.29, 1.82) is 0 Å². The van der Waals surface area contributed by atoms with E-state index in [9.17, 15) is 4.79 Å². The molecule has 2 rings (SSSR count). The van der Waals surface area contributed by atoms with Crippen LogP contribution in [0.5, 0.6) is 0 Å². The van der Waals surface area contributed by atoms with Crippen LogP contribution in [0.3, 0.4) is 0 Å². The third-order valence-electron chi connectivity index (χ3n) is 3.57. The lowest BCUT2D eigenvalue weighted by Gasteiger charge is -2.32. The molecule has 0 bridgehead atoms. The number of esters is 1. The monoisotopic (exact) mass is 248 g/mol. The number of ether oxygens (including phenoxy) is 1. The first kappa shape index (κ1) is 12.9. The molecule has 98 valence electrons. The molecule has 0 saturated carbocycles. The average molecular weight is 248 g/mol. The van der Waals surface area contributed by atoms with Crippen LogP contribution in [0.15, 0.2) is 24.3 Å². The van der Waals surface area contributed by atoms with E-state index in [0.29, 0.717) is 6.54 Å². The van der Waals surface area contributed by atoms with Gasteiger partial charge in [-0.05, 0) is 30.5 Å². The molecule has 0 spiro atoms. The number of carbonyl (C=O) groups is 1. The quantitative estimate of drug-likeness (QED) is 0.824. The van der Waals surface area contributed by atoms with E-state index in [-0.39, 0.29) is 11.9 Å². The van der Waals surface area contributed by atoms with Gasteiger partial charge in [0.05, 0.1) is 13.0 Å². The average Bonchev–Trinajstić information content (AvgIpc) is 2.47. The molecule has 0 atom stereocenters. The molecule has 1 saturated heterocycles. The topological polar surface area (TPSA) is 55.6 Å². The molecule has 4 nitrogen and oxygen atoms in total. The number of benzene rings is 1. The predicted molar refractivity (Wildman–Crippen MR) is 71.3 cm³/mol. The van der Waals surface area contributed by atoms with Gasteiger partial charge in [-0.3, -0.25) is 4.79 Å². The number of nitrogens with two attached hydrogens (primary N) is 1. The van der Waals surface area contributed by atoms with Gasteiger partial charge in [-0.25, -0.2) is 0 Å². The van der Waals surface area contributed by atoms with Crippen LogP contribution < -0.4 is 10.6 Å². The molecule has 0 amide bonds. The highest BCUT2D eigenvalue weighted by atomic mass is 16.5. The lowest BCUT2D eigenvalue weighted by atomic mass is 9.96. The van der Waals surface area contributed by atoms with Crippen LogP contribution in [0.25, 0.3) is 0 Å². The molecule has 0 unspecified atom stereocenters. The van der Waals surface area contributed by atoms with Crippen molar-refractivity contribution in [2.24, 2.45) is 11.7 Å². The summed E-state index contributed by atoms with van der Waals surface area (Å²) < 4.78 is 4.79. The predicted octanol–water partition coefficient (Wildman–Crippen LogP) is 1.53. The molecule has 0 aromatic heterocycles. The summed E-state index contributed by atoms with van der Waals surface area (Å²) >= 11 is 0. The molecule has 1 aromatic rings. The first-order chi connectivity index (χ1) is 8.74. The minimum atomic E-state index is -0.0758. The highest BCUT2D eigenvalue weighted by molar-refractivity contribution is 5.72. The van der Waals surface area contributed by atoms with Gasteiger partial charge in [-0.2, -0.15) is 0 Å². The van der Waals surface area contributed by atoms with Gasteiger partial charge in [0.25, 0.3) is 0 Å². The van der Waals surface area contributed by atoms with Crippen LogP contribution in [0, 0.1) is 5.92 Å². The minimum absolute atomic E-state index is 0.0644. The third kappa shape index (κ3) is 2.82. The Hall–Kier alpha value is -1.55. The van der Waals surface area contributed by atoms with Crippen molar-refractivity contribution in [3.8, 4) is 0 Å². The molecule has 1 fully saturated rings. The van der Waals surface area contributed by atoms with Crippen LogP contribution >= 0.6 is 0 Å². The maximum absolute atomic E-state index is 11.4. The van der Waals surface area contributed by atoms with Crippen LogP contribution in [0.2, 0.25) is 0 Å². The van der Waals surface area contributed by atoms with Gasteiger partial charge in [-0.15, -0.1) is 0 Å². The molecule has 1 aliphatic heterocycles. The second-order valence-electron chi connectivity index (χ2n) is 4.66. The van der Waals surface area contributed by atoms with E-state index in [4.69, 9.17) is 10.5 Å². The summed E-state index contributed by atoms with van der Waals surface area (Å²) in [5.41, 5.74) is 7.93. The van der Waals surface area contributed by atoms with Crippen molar-refractivity contribution < 1.29 is 9.53 Å². The zero-order chi connectivity index (χ0) is 13.0. The van der Waals surface area contributed by atoms with Crippen molar-refractivity contribution in [1.82, 2.24) is 0 Å². The maximum Gasteiger partial charge on any atom is 0.308 e. The summed E-state index contributed by atoms with van der Waals surface area (Å²) in [7, 11) is 1.46. The summed E-state index contributed by atoms with van der Waals surface area (Å²) in [6, 6.07) is 8.31. The third-order valence-corrected chi connectivity index (χ3v) is 3.57. The lowest BCUT2D eigenvalue weighted by molar-refractivity contribution is -0.146. The summed E-state index contributed by atoms with van der Waals surface area (Å²) in [4.78, 5) is 13.7. The Morgan fingerprint density at radius 2 is 1.94 bits per heavy atom. The molecule has 2 N–H and O–H groups in total. The fraction of sp³-hybridized carbons (Fsp3) is 0.500. The van der Waals surface area contributed by atoms with Crippen LogP contribution in [-0.4, -0.2) is 26.2 Å². The zero-order valence-corrected chi connectivity index (χ0v) is 10.8. The fourth-order valence-electron chi connectivity index (χ4n) is 2.38. The Morgan fingerprint density at radius 3 is 2.44 bits per heavy atom. The number of methoxy groups -OCH3 is 1. The van der Waals surface area contributed by atoms with Crippen LogP contribution in [-0.2, 0) is 16.1 Å². The first-order valence-corrected chi connectivity index (χ1v) is 6.36. The molecule has 1 heterocycles. The van der Waals surface area contributed by atoms with Gasteiger partial charge in [0.1, 0.15) is 0 Å². The van der Waals surface area contributed by atoms with E-state index in [1.54, 1.807) is 0 Å². The molecule has 18 heavy (non-hydrogen) atoms. The lowest BCUT2D eigenvalue weighted by Crippen LogP contribution is -2.36. The van der Waals surface area contributed by atoms with E-state index >= 15 is 0 Å².